The lowest BCUT2D eigenvalue weighted by molar-refractivity contribution is 0.503. The molecular formula is C15H20ClN3OS. The standard InChI is InChI=1S/C15H20ClN3OS/c1-4-6-11(13-7-5-8-21-13)18-12-9-17-19(10(2)3)15(20)14(12)16/h5,7-11,18H,4,6H2,1-3H3. The third-order valence-corrected chi connectivity index (χ3v) is 4.58. The first-order valence-corrected chi connectivity index (χ1v) is 8.37. The number of nitrogens with one attached hydrogen (secondary N) is 1. The summed E-state index contributed by atoms with van der Waals surface area (Å²) >= 11 is 7.91. The van der Waals surface area contributed by atoms with Crippen LogP contribution in [0, 0.1) is 0 Å². The molecule has 2 rings (SSSR count). The highest BCUT2D eigenvalue weighted by Crippen LogP contribution is 2.29. The highest BCUT2D eigenvalue weighted by molar-refractivity contribution is 7.10. The molecule has 2 heterocycles. The number of hydrogen-bond acceptors (Lipinski definition) is 4. The maximum absolute atomic E-state index is 12.2. The second-order valence-corrected chi connectivity index (χ2v) is 6.57. The minimum absolute atomic E-state index is 0.00668. The summed E-state index contributed by atoms with van der Waals surface area (Å²) in [6.45, 7) is 5.95. The van der Waals surface area contributed by atoms with E-state index in [1.807, 2.05) is 19.9 Å². The number of halogens is 1. The molecule has 2 aromatic heterocycles. The van der Waals surface area contributed by atoms with Crippen LogP contribution in [0.25, 0.3) is 0 Å². The molecule has 6 heteroatoms. The largest absolute Gasteiger partial charge is 0.375 e. The molecule has 0 aliphatic rings. The first-order valence-electron chi connectivity index (χ1n) is 7.11. The van der Waals surface area contributed by atoms with Crippen LogP contribution < -0.4 is 10.9 Å². The molecule has 0 spiro atoms. The predicted octanol–water partition coefficient (Wildman–Crippen LogP) is 4.49. The summed E-state index contributed by atoms with van der Waals surface area (Å²) < 4.78 is 1.40. The van der Waals surface area contributed by atoms with Crippen molar-refractivity contribution < 1.29 is 0 Å². The van der Waals surface area contributed by atoms with Crippen LogP contribution in [0.15, 0.2) is 28.5 Å². The van der Waals surface area contributed by atoms with Crippen LogP contribution in [-0.4, -0.2) is 9.78 Å². The molecule has 0 aromatic carbocycles. The van der Waals surface area contributed by atoms with Gasteiger partial charge in [-0.15, -0.1) is 11.3 Å². The zero-order chi connectivity index (χ0) is 15.4. The van der Waals surface area contributed by atoms with Gasteiger partial charge in [0.15, 0.2) is 0 Å². The van der Waals surface area contributed by atoms with Crippen molar-refractivity contribution in [2.75, 3.05) is 5.32 Å². The third kappa shape index (κ3) is 3.66. The summed E-state index contributed by atoms with van der Waals surface area (Å²) in [6.07, 6.45) is 3.66. The van der Waals surface area contributed by atoms with E-state index in [0.717, 1.165) is 12.8 Å². The summed E-state index contributed by atoms with van der Waals surface area (Å²) in [6, 6.07) is 4.27. The van der Waals surface area contributed by atoms with Gasteiger partial charge in [0.05, 0.1) is 24.0 Å². The Hall–Kier alpha value is -1.33. The van der Waals surface area contributed by atoms with Crippen molar-refractivity contribution in [3.05, 3.63) is 44.0 Å². The smallest absolute Gasteiger partial charge is 0.287 e. The fourth-order valence-electron chi connectivity index (χ4n) is 2.16. The van der Waals surface area contributed by atoms with Gasteiger partial charge in [-0.2, -0.15) is 5.10 Å². The van der Waals surface area contributed by atoms with Gasteiger partial charge < -0.3 is 5.32 Å². The van der Waals surface area contributed by atoms with E-state index in [-0.39, 0.29) is 22.7 Å². The van der Waals surface area contributed by atoms with Crippen LogP contribution in [0.4, 0.5) is 5.69 Å². The van der Waals surface area contributed by atoms with E-state index in [0.29, 0.717) is 5.69 Å². The van der Waals surface area contributed by atoms with Crippen LogP contribution in [-0.2, 0) is 0 Å². The topological polar surface area (TPSA) is 46.9 Å². The fraction of sp³-hybridized carbons (Fsp3) is 0.467. The van der Waals surface area contributed by atoms with Gasteiger partial charge in [-0.05, 0) is 31.7 Å². The van der Waals surface area contributed by atoms with Crippen LogP contribution in [0.5, 0.6) is 0 Å². The number of anilines is 1. The SMILES string of the molecule is CCCC(Nc1cnn(C(C)C)c(=O)c1Cl)c1cccs1. The first-order chi connectivity index (χ1) is 10.0. The highest BCUT2D eigenvalue weighted by Gasteiger charge is 2.16. The van der Waals surface area contributed by atoms with Gasteiger partial charge in [-0.25, -0.2) is 4.68 Å². The number of rotatable bonds is 6. The van der Waals surface area contributed by atoms with Crippen molar-refractivity contribution in [2.24, 2.45) is 0 Å². The summed E-state index contributed by atoms with van der Waals surface area (Å²) in [5.41, 5.74) is 0.350. The zero-order valence-corrected chi connectivity index (χ0v) is 14.0. The van der Waals surface area contributed by atoms with Crippen molar-refractivity contribution in [3.8, 4) is 0 Å². The molecule has 0 saturated heterocycles. The Morgan fingerprint density at radius 2 is 2.24 bits per heavy atom. The predicted molar refractivity (Wildman–Crippen MR) is 89.5 cm³/mol. The molecule has 1 atom stereocenters. The van der Waals surface area contributed by atoms with Crippen molar-refractivity contribution in [1.82, 2.24) is 9.78 Å². The average molecular weight is 326 g/mol. The Kier molecular flexibility index (Phi) is 5.42. The molecule has 0 amide bonds. The Bertz CT molecular complexity index is 637. The number of thiophene rings is 1. The van der Waals surface area contributed by atoms with Crippen molar-refractivity contribution in [1.29, 1.82) is 0 Å². The zero-order valence-electron chi connectivity index (χ0n) is 12.5. The van der Waals surface area contributed by atoms with Gasteiger partial charge in [0, 0.05) is 4.88 Å². The second kappa shape index (κ2) is 7.09. The molecule has 21 heavy (non-hydrogen) atoms. The van der Waals surface area contributed by atoms with Crippen LogP contribution in [0.2, 0.25) is 5.02 Å². The lowest BCUT2D eigenvalue weighted by atomic mass is 10.1. The van der Waals surface area contributed by atoms with E-state index < -0.39 is 0 Å². The van der Waals surface area contributed by atoms with Crippen LogP contribution >= 0.6 is 22.9 Å². The maximum atomic E-state index is 12.2. The van der Waals surface area contributed by atoms with Crippen molar-refractivity contribution in [3.63, 3.8) is 0 Å². The fourth-order valence-corrected chi connectivity index (χ4v) is 3.17. The Labute approximate surface area is 133 Å². The monoisotopic (exact) mass is 325 g/mol. The summed E-state index contributed by atoms with van der Waals surface area (Å²) in [7, 11) is 0. The molecule has 1 unspecified atom stereocenters. The van der Waals surface area contributed by atoms with Crippen LogP contribution in [0.3, 0.4) is 0 Å². The molecule has 114 valence electrons. The molecule has 0 radical (unpaired) electrons. The quantitative estimate of drug-likeness (QED) is 0.851. The molecule has 0 saturated carbocycles. The lowest BCUT2D eigenvalue weighted by Crippen LogP contribution is -2.26. The summed E-state index contributed by atoms with van der Waals surface area (Å²) in [5.74, 6) is 0. The molecular weight excluding hydrogens is 306 g/mol. The van der Waals surface area contributed by atoms with E-state index in [1.54, 1.807) is 17.5 Å². The van der Waals surface area contributed by atoms with Gasteiger partial charge in [0.1, 0.15) is 5.02 Å². The Balaban J connectivity index is 2.30. The number of hydrogen-bond donors (Lipinski definition) is 1. The summed E-state index contributed by atoms with van der Waals surface area (Å²) in [4.78, 5) is 13.4. The Morgan fingerprint density at radius 3 is 2.81 bits per heavy atom. The van der Waals surface area contributed by atoms with E-state index in [1.165, 1.54) is 9.56 Å². The van der Waals surface area contributed by atoms with E-state index >= 15 is 0 Å². The van der Waals surface area contributed by atoms with Gasteiger partial charge in [-0.1, -0.05) is 31.0 Å². The Morgan fingerprint density at radius 1 is 1.48 bits per heavy atom. The maximum Gasteiger partial charge on any atom is 0.287 e. The van der Waals surface area contributed by atoms with Gasteiger partial charge in [0.25, 0.3) is 5.56 Å². The molecule has 4 nitrogen and oxygen atoms in total. The van der Waals surface area contributed by atoms with E-state index in [2.05, 4.69) is 28.8 Å². The van der Waals surface area contributed by atoms with Crippen LogP contribution in [0.1, 0.15) is 50.6 Å². The normalized spacial score (nSPS) is 12.6. The minimum atomic E-state index is -0.252. The third-order valence-electron chi connectivity index (χ3n) is 3.23. The van der Waals surface area contributed by atoms with E-state index in [9.17, 15) is 4.79 Å². The van der Waals surface area contributed by atoms with Gasteiger partial charge in [-0.3, -0.25) is 4.79 Å². The molecule has 0 bridgehead atoms. The highest BCUT2D eigenvalue weighted by atomic mass is 35.5. The molecule has 0 aliphatic heterocycles. The number of nitrogens with zero attached hydrogens (tertiary/aromatic N) is 2. The second-order valence-electron chi connectivity index (χ2n) is 5.22. The average Bonchev–Trinajstić information content (AvgIpc) is 2.97. The van der Waals surface area contributed by atoms with Gasteiger partial charge in [0.2, 0.25) is 0 Å². The molecule has 1 N–H and O–H groups in total. The number of aromatic nitrogens is 2. The van der Waals surface area contributed by atoms with Crippen molar-refractivity contribution in [2.45, 2.75) is 45.7 Å². The molecule has 0 fully saturated rings. The van der Waals surface area contributed by atoms with Gasteiger partial charge >= 0.3 is 0 Å². The first kappa shape index (κ1) is 16.0. The lowest BCUT2D eigenvalue weighted by Gasteiger charge is -2.19. The molecule has 2 aromatic rings. The van der Waals surface area contributed by atoms with Crippen molar-refractivity contribution >= 4 is 28.6 Å². The minimum Gasteiger partial charge on any atom is -0.375 e. The van der Waals surface area contributed by atoms with E-state index in [4.69, 9.17) is 11.6 Å². The summed E-state index contributed by atoms with van der Waals surface area (Å²) in [5, 5.41) is 9.81. The molecule has 0 aliphatic carbocycles.